The number of thioether (sulfide) groups is 1. The van der Waals surface area contributed by atoms with Gasteiger partial charge in [0.25, 0.3) is 0 Å². The van der Waals surface area contributed by atoms with Crippen LogP contribution in [-0.4, -0.2) is 5.75 Å². The van der Waals surface area contributed by atoms with E-state index in [1.165, 1.54) is 34.6 Å². The van der Waals surface area contributed by atoms with Gasteiger partial charge in [0.2, 0.25) is 0 Å². The molecular formula is C19H21NS. The second-order valence-corrected chi connectivity index (χ2v) is 6.53. The highest BCUT2D eigenvalue weighted by Gasteiger charge is 2.22. The number of hydrogen-bond donors (Lipinski definition) is 1. The highest BCUT2D eigenvalue weighted by atomic mass is 32.2. The van der Waals surface area contributed by atoms with Gasteiger partial charge in [-0.15, -0.1) is 18.3 Å². The normalized spacial score (nSPS) is 13.9. The summed E-state index contributed by atoms with van der Waals surface area (Å²) in [5.41, 5.74) is 4.04. The standard InChI is InChI=1S/C19H21NS/c1-2-13-21-19-6-4-3-5-18(19)20-14-15-7-9-16(10-8-15)17-11-12-17/h2-10,17,20H,1,11-14H2. The Morgan fingerprint density at radius 2 is 1.86 bits per heavy atom. The summed E-state index contributed by atoms with van der Waals surface area (Å²) in [7, 11) is 0. The van der Waals surface area contributed by atoms with Gasteiger partial charge in [-0.3, -0.25) is 0 Å². The fourth-order valence-corrected chi connectivity index (χ4v) is 3.18. The fraction of sp³-hybridized carbons (Fsp3) is 0.263. The lowest BCUT2D eigenvalue weighted by Crippen LogP contribution is -2.00. The number of para-hydroxylation sites is 1. The van der Waals surface area contributed by atoms with E-state index in [4.69, 9.17) is 0 Å². The van der Waals surface area contributed by atoms with E-state index in [1.807, 2.05) is 17.8 Å². The van der Waals surface area contributed by atoms with Crippen molar-refractivity contribution in [3.63, 3.8) is 0 Å². The van der Waals surface area contributed by atoms with Gasteiger partial charge < -0.3 is 5.32 Å². The van der Waals surface area contributed by atoms with Gasteiger partial charge in [0.1, 0.15) is 0 Å². The molecule has 0 unspecified atom stereocenters. The van der Waals surface area contributed by atoms with Gasteiger partial charge in [-0.1, -0.05) is 42.5 Å². The molecule has 2 heteroatoms. The first-order valence-corrected chi connectivity index (χ1v) is 8.51. The fourth-order valence-electron chi connectivity index (χ4n) is 2.41. The van der Waals surface area contributed by atoms with Crippen molar-refractivity contribution in [3.8, 4) is 0 Å². The molecule has 0 atom stereocenters. The largest absolute Gasteiger partial charge is 0.380 e. The molecule has 2 aromatic rings. The lowest BCUT2D eigenvalue weighted by molar-refractivity contribution is 1.09. The monoisotopic (exact) mass is 295 g/mol. The highest BCUT2D eigenvalue weighted by Crippen LogP contribution is 2.39. The molecule has 1 nitrogen and oxygen atoms in total. The van der Waals surface area contributed by atoms with E-state index in [2.05, 4.69) is 60.4 Å². The maximum Gasteiger partial charge on any atom is 0.0481 e. The molecule has 1 aliphatic carbocycles. The van der Waals surface area contributed by atoms with Crippen molar-refractivity contribution in [2.45, 2.75) is 30.2 Å². The van der Waals surface area contributed by atoms with E-state index in [0.717, 1.165) is 18.2 Å². The Balaban J connectivity index is 1.62. The molecule has 0 radical (unpaired) electrons. The van der Waals surface area contributed by atoms with Gasteiger partial charge in [-0.2, -0.15) is 0 Å². The molecule has 1 fully saturated rings. The summed E-state index contributed by atoms with van der Waals surface area (Å²) in [6.45, 7) is 4.66. The quantitative estimate of drug-likeness (QED) is 0.538. The molecule has 21 heavy (non-hydrogen) atoms. The van der Waals surface area contributed by atoms with E-state index in [1.54, 1.807) is 0 Å². The van der Waals surface area contributed by atoms with Gasteiger partial charge in [0, 0.05) is 22.9 Å². The molecule has 108 valence electrons. The zero-order valence-electron chi connectivity index (χ0n) is 12.2. The molecule has 0 saturated heterocycles. The minimum absolute atomic E-state index is 0.836. The first kappa shape index (κ1) is 14.3. The third kappa shape index (κ3) is 3.92. The van der Waals surface area contributed by atoms with E-state index in [-0.39, 0.29) is 0 Å². The van der Waals surface area contributed by atoms with Crippen molar-refractivity contribution >= 4 is 17.4 Å². The third-order valence-corrected chi connectivity index (χ3v) is 4.82. The molecule has 0 amide bonds. The third-order valence-electron chi connectivity index (χ3n) is 3.76. The van der Waals surface area contributed by atoms with Crippen LogP contribution in [0, 0.1) is 0 Å². The zero-order chi connectivity index (χ0) is 14.5. The number of anilines is 1. The molecule has 0 heterocycles. The smallest absolute Gasteiger partial charge is 0.0481 e. The molecule has 0 spiro atoms. The maximum atomic E-state index is 3.79. The van der Waals surface area contributed by atoms with E-state index < -0.39 is 0 Å². The van der Waals surface area contributed by atoms with Crippen LogP contribution in [0.15, 0.2) is 66.1 Å². The SMILES string of the molecule is C=CCSc1ccccc1NCc1ccc(C2CC2)cc1. The van der Waals surface area contributed by atoms with Crippen LogP contribution in [0.1, 0.15) is 29.9 Å². The molecular weight excluding hydrogens is 274 g/mol. The van der Waals surface area contributed by atoms with Crippen molar-refractivity contribution in [2.24, 2.45) is 0 Å². The van der Waals surface area contributed by atoms with Crippen LogP contribution in [0.4, 0.5) is 5.69 Å². The van der Waals surface area contributed by atoms with E-state index in [0.29, 0.717) is 0 Å². The molecule has 0 bridgehead atoms. The summed E-state index contributed by atoms with van der Waals surface area (Å²) < 4.78 is 0. The van der Waals surface area contributed by atoms with Crippen molar-refractivity contribution in [1.82, 2.24) is 0 Å². The summed E-state index contributed by atoms with van der Waals surface area (Å²) in [4.78, 5) is 1.28. The van der Waals surface area contributed by atoms with Crippen molar-refractivity contribution < 1.29 is 0 Å². The van der Waals surface area contributed by atoms with Crippen LogP contribution in [0.3, 0.4) is 0 Å². The van der Waals surface area contributed by atoms with Crippen LogP contribution >= 0.6 is 11.8 Å². The first-order chi connectivity index (χ1) is 10.4. The minimum Gasteiger partial charge on any atom is -0.380 e. The summed E-state index contributed by atoms with van der Waals surface area (Å²) >= 11 is 1.82. The number of hydrogen-bond acceptors (Lipinski definition) is 2. The van der Waals surface area contributed by atoms with Crippen LogP contribution in [-0.2, 0) is 6.54 Å². The number of nitrogens with one attached hydrogen (secondary N) is 1. The van der Waals surface area contributed by atoms with Gasteiger partial charge in [0.05, 0.1) is 0 Å². The van der Waals surface area contributed by atoms with Crippen molar-refractivity contribution in [3.05, 3.63) is 72.3 Å². The Kier molecular flexibility index (Phi) is 4.66. The molecule has 1 aliphatic rings. The van der Waals surface area contributed by atoms with Crippen molar-refractivity contribution in [1.29, 1.82) is 0 Å². The Hall–Kier alpha value is -1.67. The molecule has 3 rings (SSSR count). The topological polar surface area (TPSA) is 12.0 Å². The number of rotatable bonds is 7. The molecule has 1 N–H and O–H groups in total. The Morgan fingerprint density at radius 3 is 2.57 bits per heavy atom. The Morgan fingerprint density at radius 1 is 1.10 bits per heavy atom. The minimum atomic E-state index is 0.836. The lowest BCUT2D eigenvalue weighted by atomic mass is 10.1. The second-order valence-electron chi connectivity index (χ2n) is 5.47. The number of benzene rings is 2. The van der Waals surface area contributed by atoms with Crippen LogP contribution in [0.25, 0.3) is 0 Å². The summed E-state index contributed by atoms with van der Waals surface area (Å²) in [5.74, 6) is 1.78. The summed E-state index contributed by atoms with van der Waals surface area (Å²) in [6, 6.07) is 17.5. The predicted molar refractivity (Wildman–Crippen MR) is 93.1 cm³/mol. The van der Waals surface area contributed by atoms with Gasteiger partial charge in [-0.25, -0.2) is 0 Å². The van der Waals surface area contributed by atoms with Crippen LogP contribution in [0.5, 0.6) is 0 Å². The zero-order valence-corrected chi connectivity index (χ0v) is 13.0. The summed E-state index contributed by atoms with van der Waals surface area (Å²) in [5, 5.41) is 3.55. The Labute approximate surface area is 131 Å². The molecule has 2 aromatic carbocycles. The van der Waals surface area contributed by atoms with Crippen molar-refractivity contribution in [2.75, 3.05) is 11.1 Å². The first-order valence-electron chi connectivity index (χ1n) is 7.52. The molecule has 1 saturated carbocycles. The lowest BCUT2D eigenvalue weighted by Gasteiger charge is -2.11. The van der Waals surface area contributed by atoms with Crippen LogP contribution < -0.4 is 5.32 Å². The molecule has 0 aromatic heterocycles. The Bertz CT molecular complexity index is 599. The second kappa shape index (κ2) is 6.86. The average Bonchev–Trinajstić information content (AvgIpc) is 3.37. The highest BCUT2D eigenvalue weighted by molar-refractivity contribution is 7.99. The van der Waals surface area contributed by atoms with E-state index >= 15 is 0 Å². The van der Waals surface area contributed by atoms with Gasteiger partial charge in [0.15, 0.2) is 0 Å². The van der Waals surface area contributed by atoms with Crippen LogP contribution in [0.2, 0.25) is 0 Å². The predicted octanol–water partition coefficient (Wildman–Crippen LogP) is 5.45. The van der Waals surface area contributed by atoms with Gasteiger partial charge in [-0.05, 0) is 42.0 Å². The van der Waals surface area contributed by atoms with Gasteiger partial charge >= 0.3 is 0 Å². The molecule has 0 aliphatic heterocycles. The summed E-state index contributed by atoms with van der Waals surface area (Å²) in [6.07, 6.45) is 4.68. The maximum absolute atomic E-state index is 3.79. The van der Waals surface area contributed by atoms with E-state index in [9.17, 15) is 0 Å². The average molecular weight is 295 g/mol.